The number of hydrogen-bond acceptors (Lipinski definition) is 9. The number of rotatable bonds is 32. The van der Waals surface area contributed by atoms with Crippen LogP contribution in [0.25, 0.3) is 17.3 Å². The van der Waals surface area contributed by atoms with Gasteiger partial charge in [-0.15, -0.1) is 0 Å². The summed E-state index contributed by atoms with van der Waals surface area (Å²) < 4.78 is 39.4. The molecule has 0 aliphatic rings. The Morgan fingerprint density at radius 3 is 2.05 bits per heavy atom. The van der Waals surface area contributed by atoms with E-state index in [0.29, 0.717) is 48.3 Å². The second kappa shape index (κ2) is 29.2. The Hall–Kier alpha value is -4.21. The highest BCUT2D eigenvalue weighted by Crippen LogP contribution is 2.32. The molecular weight excluding hydrogens is 802 g/mol. The van der Waals surface area contributed by atoms with E-state index in [9.17, 15) is 42.5 Å². The van der Waals surface area contributed by atoms with Crippen molar-refractivity contribution in [1.82, 2.24) is 20.6 Å². The lowest BCUT2D eigenvalue weighted by atomic mass is 9.97. The third-order valence-corrected chi connectivity index (χ3v) is 11.5. The molecule has 0 spiro atoms. The average Bonchev–Trinajstić information content (AvgIpc) is 3.20. The molecule has 13 nitrogen and oxygen atoms in total. The summed E-state index contributed by atoms with van der Waals surface area (Å²) in [6.45, 7) is 6.34. The number of carboxylic acid groups (broad SMARTS) is 1. The second-order valence-corrected chi connectivity index (χ2v) is 18.2. The number of aromatic nitrogens is 2. The van der Waals surface area contributed by atoms with Crippen LogP contribution in [-0.4, -0.2) is 89.6 Å². The quantitative estimate of drug-likeness (QED) is 0.0353. The number of carbonyl (C=O) groups excluding carboxylic acids is 2. The summed E-state index contributed by atoms with van der Waals surface area (Å²) in [7, 11) is -2.40. The van der Waals surface area contributed by atoms with Crippen molar-refractivity contribution in [3.8, 4) is 11.3 Å². The Morgan fingerprint density at radius 1 is 0.852 bits per heavy atom. The van der Waals surface area contributed by atoms with E-state index in [4.69, 9.17) is 0 Å². The van der Waals surface area contributed by atoms with Crippen molar-refractivity contribution in [1.29, 1.82) is 0 Å². The van der Waals surface area contributed by atoms with E-state index in [2.05, 4.69) is 39.7 Å². The van der Waals surface area contributed by atoms with Crippen molar-refractivity contribution >= 4 is 39.8 Å². The highest BCUT2D eigenvalue weighted by atomic mass is 32.2. The van der Waals surface area contributed by atoms with Crippen LogP contribution in [0.3, 0.4) is 0 Å². The molecule has 0 radical (unpaired) electrons. The van der Waals surface area contributed by atoms with Gasteiger partial charge in [0.15, 0.2) is 0 Å². The van der Waals surface area contributed by atoms with Gasteiger partial charge >= 0.3 is 5.97 Å². The van der Waals surface area contributed by atoms with Gasteiger partial charge in [-0.3, -0.25) is 9.59 Å². The van der Waals surface area contributed by atoms with Crippen molar-refractivity contribution in [2.24, 2.45) is 0 Å². The monoisotopic (exact) mass is 874 g/mol. The number of benzene rings is 1. The molecule has 2 aromatic rings. The van der Waals surface area contributed by atoms with Crippen molar-refractivity contribution < 1.29 is 42.5 Å². The fourth-order valence-corrected chi connectivity index (χ4v) is 7.09. The van der Waals surface area contributed by atoms with Crippen LogP contribution in [0.2, 0.25) is 0 Å². The largest absolute Gasteiger partial charge is 0.480 e. The van der Waals surface area contributed by atoms with E-state index < -0.39 is 52.4 Å². The van der Waals surface area contributed by atoms with Crippen molar-refractivity contribution in [3.63, 3.8) is 0 Å². The minimum atomic E-state index is -3.72. The number of carbonyl (C=O) groups is 3. The van der Waals surface area contributed by atoms with Gasteiger partial charge in [-0.05, 0) is 81.5 Å². The number of hydrogen-bond donors (Lipinski definition) is 5. The molecule has 5 N–H and O–H groups in total. The van der Waals surface area contributed by atoms with Crippen LogP contribution in [0.15, 0.2) is 42.5 Å². The summed E-state index contributed by atoms with van der Waals surface area (Å²) in [6, 6.07) is 4.29. The number of unbranched alkanes of at least 4 members (excludes halogenated alkanes) is 12. The normalized spacial score (nSPS) is 13.5. The van der Waals surface area contributed by atoms with Gasteiger partial charge < -0.3 is 26.0 Å². The molecule has 342 valence electrons. The number of halogens is 1. The molecule has 15 heteroatoms. The van der Waals surface area contributed by atoms with Gasteiger partial charge in [0, 0.05) is 37.6 Å². The van der Waals surface area contributed by atoms with E-state index in [1.54, 1.807) is 0 Å². The number of aliphatic hydroxyl groups excluding tert-OH is 2. The Bertz CT molecular complexity index is 1790. The summed E-state index contributed by atoms with van der Waals surface area (Å²) in [4.78, 5) is 45.8. The standard InChI is InChI=1S/C46H72FN5O8S/c1-6-7-8-9-10-11-12-13-14-15-16-17-18-19-20-24-41(55)48-31-22-21-23-40(45(57)58)49-42(56)33-38(54)32-37(53)29-30-39-43(34(2)3)50-46(52(4)61(5,59)60)51-44(39)35-25-27-36(47)28-26-35/h13-14,25-30,34,37-38,40,53-54H,6-12,15-24,31-33H2,1-5H3,(H,48,55)(H,49,56)(H,57,58). The van der Waals surface area contributed by atoms with Gasteiger partial charge in [0.2, 0.25) is 27.8 Å². The van der Waals surface area contributed by atoms with Gasteiger partial charge in [0.05, 0.1) is 36.3 Å². The molecule has 1 heterocycles. The lowest BCUT2D eigenvalue weighted by Crippen LogP contribution is -2.42. The van der Waals surface area contributed by atoms with Crippen LogP contribution in [-0.2, 0) is 24.4 Å². The molecule has 2 amide bonds. The minimum Gasteiger partial charge on any atom is -0.480 e. The van der Waals surface area contributed by atoms with Crippen LogP contribution < -0.4 is 14.9 Å². The third-order valence-electron chi connectivity index (χ3n) is 10.4. The first-order valence-electron chi connectivity index (χ1n) is 22.1. The van der Waals surface area contributed by atoms with E-state index in [0.717, 1.165) is 42.7 Å². The molecule has 0 aliphatic heterocycles. The number of nitrogens with one attached hydrogen (secondary N) is 2. The molecule has 0 saturated heterocycles. The number of aliphatic carboxylic acids is 1. The zero-order valence-electron chi connectivity index (χ0n) is 37.1. The van der Waals surface area contributed by atoms with Crippen molar-refractivity contribution in [2.45, 2.75) is 167 Å². The van der Waals surface area contributed by atoms with E-state index in [1.165, 1.54) is 94.8 Å². The number of allylic oxidation sites excluding steroid dienone is 2. The molecule has 1 aromatic carbocycles. The maximum Gasteiger partial charge on any atom is 0.326 e. The molecule has 0 bridgehead atoms. The number of carboxylic acids is 1. The summed E-state index contributed by atoms with van der Waals surface area (Å²) in [5.41, 5.74) is 1.67. The van der Waals surface area contributed by atoms with Crippen LogP contribution in [0.4, 0.5) is 10.3 Å². The molecule has 3 unspecified atom stereocenters. The number of amides is 2. The summed E-state index contributed by atoms with van der Waals surface area (Å²) in [6.07, 6.45) is 22.4. The van der Waals surface area contributed by atoms with Gasteiger partial charge in [-0.25, -0.2) is 31.9 Å². The van der Waals surface area contributed by atoms with Gasteiger partial charge in [-0.1, -0.05) is 96.4 Å². The fourth-order valence-electron chi connectivity index (χ4n) is 6.71. The molecule has 61 heavy (non-hydrogen) atoms. The van der Waals surface area contributed by atoms with Crippen LogP contribution >= 0.6 is 0 Å². The zero-order chi connectivity index (χ0) is 45.2. The Morgan fingerprint density at radius 2 is 1.46 bits per heavy atom. The summed E-state index contributed by atoms with van der Waals surface area (Å²) in [5.74, 6) is -2.72. The summed E-state index contributed by atoms with van der Waals surface area (Å²) in [5, 5.41) is 36.5. The highest BCUT2D eigenvalue weighted by Gasteiger charge is 2.24. The van der Waals surface area contributed by atoms with E-state index in [-0.39, 0.29) is 30.6 Å². The highest BCUT2D eigenvalue weighted by molar-refractivity contribution is 7.92. The van der Waals surface area contributed by atoms with E-state index in [1.807, 2.05) is 13.8 Å². The van der Waals surface area contributed by atoms with Crippen molar-refractivity contribution in [3.05, 3.63) is 59.6 Å². The van der Waals surface area contributed by atoms with E-state index >= 15 is 0 Å². The lowest BCUT2D eigenvalue weighted by molar-refractivity contribution is -0.142. The Labute approximate surface area is 363 Å². The maximum absolute atomic E-state index is 13.8. The predicted octanol–water partition coefficient (Wildman–Crippen LogP) is 8.21. The zero-order valence-corrected chi connectivity index (χ0v) is 37.9. The number of aliphatic hydroxyl groups is 2. The summed E-state index contributed by atoms with van der Waals surface area (Å²) >= 11 is 0. The van der Waals surface area contributed by atoms with Gasteiger partial charge in [-0.2, -0.15) is 0 Å². The Balaban J connectivity index is 1.77. The van der Waals surface area contributed by atoms with Crippen LogP contribution in [0.1, 0.15) is 160 Å². The molecule has 3 atom stereocenters. The molecule has 0 aliphatic carbocycles. The second-order valence-electron chi connectivity index (χ2n) is 16.2. The van der Waals surface area contributed by atoms with Crippen LogP contribution in [0.5, 0.6) is 0 Å². The smallest absolute Gasteiger partial charge is 0.326 e. The average molecular weight is 874 g/mol. The number of anilines is 1. The molecular formula is C46H72FN5O8S. The minimum absolute atomic E-state index is 0.0240. The van der Waals surface area contributed by atoms with Gasteiger partial charge in [0.25, 0.3) is 0 Å². The number of nitrogens with zero attached hydrogens (tertiary/aromatic N) is 3. The third kappa shape index (κ3) is 21.9. The van der Waals surface area contributed by atoms with Crippen molar-refractivity contribution in [2.75, 3.05) is 24.2 Å². The number of sulfonamides is 1. The first-order valence-corrected chi connectivity index (χ1v) is 24.0. The Kier molecular flexibility index (Phi) is 25.3. The van der Waals surface area contributed by atoms with Crippen LogP contribution in [0, 0.1) is 5.82 Å². The van der Waals surface area contributed by atoms with Gasteiger partial charge in [0.1, 0.15) is 11.9 Å². The SMILES string of the molecule is CCCCCCCCC=CCCCCCCCC(=O)NCCCCC(NC(=O)CC(O)CC(O)C=Cc1c(-c2ccc(F)cc2)nc(N(C)S(C)(=O)=O)nc1C(C)C)C(=O)O. The molecule has 1 aromatic heterocycles. The first-order chi connectivity index (χ1) is 29.0. The molecule has 0 fully saturated rings. The molecule has 0 saturated carbocycles. The maximum atomic E-state index is 13.8. The first kappa shape index (κ1) is 52.9. The lowest BCUT2D eigenvalue weighted by Gasteiger charge is -2.20. The predicted molar refractivity (Wildman–Crippen MR) is 241 cm³/mol. The molecule has 2 rings (SSSR count). The fraction of sp³-hybridized carbons (Fsp3) is 0.630. The topological polar surface area (TPSA) is 199 Å².